The van der Waals surface area contributed by atoms with Gasteiger partial charge in [0.2, 0.25) is 0 Å². The zero-order valence-corrected chi connectivity index (χ0v) is 17.5. The molecular formula is C24H15F6N3O. The first-order valence-corrected chi connectivity index (χ1v) is 9.98. The third-order valence-electron chi connectivity index (χ3n) is 5.02. The van der Waals surface area contributed by atoms with Gasteiger partial charge in [-0.05, 0) is 13.0 Å². The van der Waals surface area contributed by atoms with Gasteiger partial charge in [-0.1, -0.05) is 30.3 Å². The Morgan fingerprint density at radius 2 is 1.24 bits per heavy atom. The first-order valence-electron chi connectivity index (χ1n) is 9.98. The van der Waals surface area contributed by atoms with E-state index in [1.807, 2.05) is 0 Å². The molecule has 0 unspecified atom stereocenters. The van der Waals surface area contributed by atoms with Crippen molar-refractivity contribution in [3.63, 3.8) is 0 Å². The van der Waals surface area contributed by atoms with E-state index in [9.17, 15) is 31.1 Å². The van der Waals surface area contributed by atoms with Gasteiger partial charge in [0.15, 0.2) is 34.9 Å². The van der Waals surface area contributed by atoms with Crippen LogP contribution in [0.25, 0.3) is 11.3 Å². The molecule has 1 heterocycles. The molecule has 1 aromatic heterocycles. The fraction of sp³-hybridized carbons (Fsp3) is 0.0833. The second-order valence-corrected chi connectivity index (χ2v) is 7.18. The fourth-order valence-electron chi connectivity index (χ4n) is 3.42. The minimum Gasteiger partial charge on any atom is -0.305 e. The maximum absolute atomic E-state index is 14.1. The molecule has 4 rings (SSSR count). The van der Waals surface area contributed by atoms with Crippen LogP contribution in [0.4, 0.5) is 43.4 Å². The van der Waals surface area contributed by atoms with E-state index in [0.717, 1.165) is 9.58 Å². The third kappa shape index (κ3) is 4.14. The van der Waals surface area contributed by atoms with Crippen LogP contribution in [0, 0.1) is 34.9 Å². The fourth-order valence-corrected chi connectivity index (χ4v) is 3.42. The highest BCUT2D eigenvalue weighted by atomic mass is 19.2. The molecule has 0 saturated carbocycles. The summed E-state index contributed by atoms with van der Waals surface area (Å²) in [6.45, 7) is 1.70. The number of aromatic nitrogens is 2. The Morgan fingerprint density at radius 1 is 0.765 bits per heavy atom. The third-order valence-corrected chi connectivity index (χ3v) is 5.02. The number of hydrogen-bond acceptors (Lipinski definition) is 3. The predicted octanol–water partition coefficient (Wildman–Crippen LogP) is 6.23. The highest BCUT2D eigenvalue weighted by Crippen LogP contribution is 2.36. The minimum absolute atomic E-state index is 0.0820. The van der Waals surface area contributed by atoms with E-state index in [1.54, 1.807) is 37.3 Å². The van der Waals surface area contributed by atoms with E-state index in [2.05, 4.69) is 5.10 Å². The Kier molecular flexibility index (Phi) is 6.14. The van der Waals surface area contributed by atoms with Crippen LogP contribution in [0.3, 0.4) is 0 Å². The van der Waals surface area contributed by atoms with Crippen molar-refractivity contribution < 1.29 is 26.3 Å². The van der Waals surface area contributed by atoms with Gasteiger partial charge in [-0.3, -0.25) is 4.79 Å². The van der Waals surface area contributed by atoms with Crippen molar-refractivity contribution in [1.82, 2.24) is 9.78 Å². The van der Waals surface area contributed by atoms with Crippen LogP contribution in [0.1, 0.15) is 6.92 Å². The standard InChI is InChI=1S/C24H15F6N3O/c1-2-32-24(34)21(12-20(31-32)13-6-4-3-5-7-13)33(14-8-16(25)22(29)17(26)9-14)15-10-18(27)23(30)19(28)11-15/h3-12H,2H2,1H3. The lowest BCUT2D eigenvalue weighted by molar-refractivity contribution is 0.446. The van der Waals surface area contributed by atoms with E-state index < -0.39 is 51.8 Å². The van der Waals surface area contributed by atoms with Crippen LogP contribution < -0.4 is 10.5 Å². The molecule has 0 aliphatic rings. The summed E-state index contributed by atoms with van der Waals surface area (Å²) in [6.07, 6.45) is 0. The lowest BCUT2D eigenvalue weighted by Crippen LogP contribution is -2.29. The highest BCUT2D eigenvalue weighted by molar-refractivity contribution is 5.78. The lowest BCUT2D eigenvalue weighted by Gasteiger charge is -2.26. The summed E-state index contributed by atoms with van der Waals surface area (Å²) in [5, 5.41) is 4.25. The van der Waals surface area contributed by atoms with Crippen LogP contribution in [0.15, 0.2) is 65.5 Å². The van der Waals surface area contributed by atoms with Crippen molar-refractivity contribution in [2.75, 3.05) is 4.90 Å². The molecule has 0 aliphatic heterocycles. The van der Waals surface area contributed by atoms with Crippen LogP contribution in [-0.4, -0.2) is 9.78 Å². The molecule has 0 saturated heterocycles. The number of halogens is 6. The summed E-state index contributed by atoms with van der Waals surface area (Å²) in [7, 11) is 0. The summed E-state index contributed by atoms with van der Waals surface area (Å²) >= 11 is 0. The van der Waals surface area contributed by atoms with E-state index in [4.69, 9.17) is 0 Å². The lowest BCUT2D eigenvalue weighted by atomic mass is 10.1. The van der Waals surface area contributed by atoms with Gasteiger partial charge in [-0.15, -0.1) is 0 Å². The van der Waals surface area contributed by atoms with Gasteiger partial charge < -0.3 is 4.90 Å². The molecular weight excluding hydrogens is 460 g/mol. The minimum atomic E-state index is -1.77. The summed E-state index contributed by atoms with van der Waals surface area (Å²) in [6, 6.07) is 12.0. The molecule has 0 bridgehead atoms. The molecule has 4 nitrogen and oxygen atoms in total. The maximum Gasteiger partial charge on any atom is 0.291 e. The van der Waals surface area contributed by atoms with E-state index in [-0.39, 0.29) is 17.9 Å². The highest BCUT2D eigenvalue weighted by Gasteiger charge is 2.24. The molecule has 0 atom stereocenters. The molecule has 0 radical (unpaired) electrons. The summed E-state index contributed by atoms with van der Waals surface area (Å²) < 4.78 is 84.7. The Balaban J connectivity index is 2.06. The van der Waals surface area contributed by atoms with E-state index >= 15 is 0 Å². The summed E-state index contributed by atoms with van der Waals surface area (Å²) in [4.78, 5) is 14.0. The van der Waals surface area contributed by atoms with Gasteiger partial charge in [0.25, 0.3) is 5.56 Å². The number of anilines is 3. The van der Waals surface area contributed by atoms with Gasteiger partial charge in [-0.2, -0.15) is 5.10 Å². The molecule has 3 aromatic carbocycles. The molecule has 0 aliphatic carbocycles. The number of benzene rings is 3. The van der Waals surface area contributed by atoms with E-state index in [0.29, 0.717) is 29.8 Å². The molecule has 0 amide bonds. The normalized spacial score (nSPS) is 11.0. The van der Waals surface area contributed by atoms with Crippen molar-refractivity contribution in [3.05, 3.63) is 106 Å². The smallest absolute Gasteiger partial charge is 0.291 e. The van der Waals surface area contributed by atoms with E-state index in [1.165, 1.54) is 6.07 Å². The maximum atomic E-state index is 14.1. The largest absolute Gasteiger partial charge is 0.305 e. The number of rotatable bonds is 5. The average Bonchev–Trinajstić information content (AvgIpc) is 2.82. The van der Waals surface area contributed by atoms with Gasteiger partial charge in [0.05, 0.1) is 17.1 Å². The summed E-state index contributed by atoms with van der Waals surface area (Å²) in [5.41, 5.74) is -1.20. The number of nitrogens with zero attached hydrogens (tertiary/aromatic N) is 3. The van der Waals surface area contributed by atoms with Crippen LogP contribution >= 0.6 is 0 Å². The molecule has 0 N–H and O–H groups in total. The monoisotopic (exact) mass is 475 g/mol. The van der Waals surface area contributed by atoms with Crippen LogP contribution in [0.2, 0.25) is 0 Å². The van der Waals surface area contributed by atoms with Crippen molar-refractivity contribution in [2.24, 2.45) is 0 Å². The Labute approximate surface area is 189 Å². The summed E-state index contributed by atoms with van der Waals surface area (Å²) in [5.74, 6) is -9.95. The Hall–Kier alpha value is -4.08. The van der Waals surface area contributed by atoms with Crippen molar-refractivity contribution in [2.45, 2.75) is 13.5 Å². The zero-order chi connectivity index (χ0) is 24.6. The average molecular weight is 475 g/mol. The molecule has 0 fully saturated rings. The van der Waals surface area contributed by atoms with Crippen molar-refractivity contribution in [1.29, 1.82) is 0 Å². The van der Waals surface area contributed by atoms with Crippen molar-refractivity contribution >= 4 is 17.1 Å². The van der Waals surface area contributed by atoms with Gasteiger partial charge in [0, 0.05) is 36.4 Å². The Bertz CT molecular complexity index is 1340. The SMILES string of the molecule is CCn1nc(-c2ccccc2)cc(N(c2cc(F)c(F)c(F)c2)c2cc(F)c(F)c(F)c2)c1=O. The second-order valence-electron chi connectivity index (χ2n) is 7.18. The molecule has 34 heavy (non-hydrogen) atoms. The first-order chi connectivity index (χ1) is 16.2. The molecule has 4 aromatic rings. The van der Waals surface area contributed by atoms with Gasteiger partial charge in [0.1, 0.15) is 5.69 Å². The number of aryl methyl sites for hydroxylation is 1. The van der Waals surface area contributed by atoms with Crippen LogP contribution in [0.5, 0.6) is 0 Å². The number of hydrogen-bond donors (Lipinski definition) is 0. The topological polar surface area (TPSA) is 38.1 Å². The van der Waals surface area contributed by atoms with Crippen LogP contribution in [-0.2, 0) is 6.54 Å². The zero-order valence-electron chi connectivity index (χ0n) is 17.5. The second kappa shape index (κ2) is 9.05. The van der Waals surface area contributed by atoms with Gasteiger partial charge in [-0.25, -0.2) is 31.0 Å². The van der Waals surface area contributed by atoms with Crippen molar-refractivity contribution in [3.8, 4) is 11.3 Å². The Morgan fingerprint density at radius 3 is 1.68 bits per heavy atom. The molecule has 174 valence electrons. The quantitative estimate of drug-likeness (QED) is 0.254. The van der Waals surface area contributed by atoms with Gasteiger partial charge >= 0.3 is 0 Å². The molecule has 0 spiro atoms. The predicted molar refractivity (Wildman–Crippen MR) is 114 cm³/mol. The first kappa shape index (κ1) is 23.1. The molecule has 10 heteroatoms.